The van der Waals surface area contributed by atoms with Crippen LogP contribution < -0.4 is 10.2 Å². The predicted octanol–water partition coefficient (Wildman–Crippen LogP) is 0.825. The van der Waals surface area contributed by atoms with E-state index in [0.717, 1.165) is 11.4 Å². The second kappa shape index (κ2) is 6.98. The number of hydrogen-bond acceptors (Lipinski definition) is 4. The molecule has 1 amide bonds. The molecule has 1 aromatic carbocycles. The van der Waals surface area contributed by atoms with Crippen molar-refractivity contribution in [2.75, 3.05) is 29.9 Å². The number of hydrogen-bond donors (Lipinski definition) is 3. The van der Waals surface area contributed by atoms with Gasteiger partial charge in [0.25, 0.3) is 0 Å². The van der Waals surface area contributed by atoms with E-state index >= 15 is 0 Å². The highest BCUT2D eigenvalue weighted by Gasteiger charge is 2.10. The van der Waals surface area contributed by atoms with Crippen molar-refractivity contribution in [3.63, 3.8) is 0 Å². The summed E-state index contributed by atoms with van der Waals surface area (Å²) >= 11 is 0. The fourth-order valence-corrected chi connectivity index (χ4v) is 1.71. The van der Waals surface area contributed by atoms with E-state index in [1.165, 1.54) is 6.92 Å². The Morgan fingerprint density at radius 2 is 2.22 bits per heavy atom. The van der Waals surface area contributed by atoms with Crippen molar-refractivity contribution >= 4 is 17.3 Å². The average Bonchev–Trinajstić information content (AvgIpc) is 2.35. The Kier molecular flexibility index (Phi) is 5.61. The molecule has 100 valence electrons. The number of carbonyl (C=O) groups excluding carboxylic acids is 1. The fraction of sp³-hybridized carbons (Fsp3) is 0.462. The second-order valence-corrected chi connectivity index (χ2v) is 4.11. The number of nitrogens with zero attached hydrogens (tertiary/aromatic N) is 1. The van der Waals surface area contributed by atoms with Gasteiger partial charge in [0.2, 0.25) is 5.91 Å². The van der Waals surface area contributed by atoms with E-state index in [-0.39, 0.29) is 12.5 Å². The Bertz CT molecular complexity index is 396. The van der Waals surface area contributed by atoms with Crippen molar-refractivity contribution in [2.24, 2.45) is 0 Å². The molecule has 0 aromatic heterocycles. The molecule has 18 heavy (non-hydrogen) atoms. The van der Waals surface area contributed by atoms with Crippen molar-refractivity contribution < 1.29 is 15.0 Å². The molecule has 0 radical (unpaired) electrons. The summed E-state index contributed by atoms with van der Waals surface area (Å²) in [6, 6.07) is 7.39. The van der Waals surface area contributed by atoms with Gasteiger partial charge in [0.05, 0.1) is 12.7 Å². The summed E-state index contributed by atoms with van der Waals surface area (Å²) in [7, 11) is 0. The Balaban J connectivity index is 2.82. The van der Waals surface area contributed by atoms with E-state index in [0.29, 0.717) is 13.1 Å². The molecule has 0 aliphatic heterocycles. The zero-order valence-electron chi connectivity index (χ0n) is 10.8. The molecule has 1 aromatic rings. The van der Waals surface area contributed by atoms with Crippen LogP contribution in [0.1, 0.15) is 13.8 Å². The number of likely N-dealkylation sites (N-methyl/N-ethyl adjacent to an activating group) is 1. The van der Waals surface area contributed by atoms with E-state index in [2.05, 4.69) is 5.32 Å². The first kappa shape index (κ1) is 14.5. The normalized spacial score (nSPS) is 12.0. The molecule has 0 heterocycles. The van der Waals surface area contributed by atoms with Crippen LogP contribution in [-0.4, -0.2) is 41.9 Å². The first-order chi connectivity index (χ1) is 8.56. The Morgan fingerprint density at radius 1 is 1.50 bits per heavy atom. The number of aliphatic hydroxyl groups excluding tert-OH is 2. The third kappa shape index (κ3) is 4.35. The van der Waals surface area contributed by atoms with Gasteiger partial charge in [0, 0.05) is 31.4 Å². The van der Waals surface area contributed by atoms with E-state index in [4.69, 9.17) is 5.11 Å². The van der Waals surface area contributed by atoms with Crippen LogP contribution in [0.5, 0.6) is 0 Å². The first-order valence-corrected chi connectivity index (χ1v) is 5.98. The van der Waals surface area contributed by atoms with Gasteiger partial charge in [-0.2, -0.15) is 0 Å². The highest BCUT2D eigenvalue weighted by Crippen LogP contribution is 2.19. The number of carbonyl (C=O) groups is 1. The average molecular weight is 252 g/mol. The van der Waals surface area contributed by atoms with Crippen LogP contribution in [0.2, 0.25) is 0 Å². The molecular weight excluding hydrogens is 232 g/mol. The number of amides is 1. The quantitative estimate of drug-likeness (QED) is 0.701. The van der Waals surface area contributed by atoms with Gasteiger partial charge >= 0.3 is 0 Å². The summed E-state index contributed by atoms with van der Waals surface area (Å²) in [4.78, 5) is 12.9. The van der Waals surface area contributed by atoms with Crippen molar-refractivity contribution in [1.29, 1.82) is 0 Å². The highest BCUT2D eigenvalue weighted by atomic mass is 16.3. The van der Waals surface area contributed by atoms with Crippen molar-refractivity contribution in [2.45, 2.75) is 20.0 Å². The summed E-state index contributed by atoms with van der Waals surface area (Å²) in [5.41, 5.74) is 1.62. The lowest BCUT2D eigenvalue weighted by Crippen LogP contribution is -2.34. The van der Waals surface area contributed by atoms with Gasteiger partial charge in [-0.1, -0.05) is 6.07 Å². The monoisotopic (exact) mass is 252 g/mol. The lowest BCUT2D eigenvalue weighted by molar-refractivity contribution is -0.114. The summed E-state index contributed by atoms with van der Waals surface area (Å²) in [6.45, 7) is 4.23. The molecule has 0 saturated heterocycles. The standard InChI is InChI=1S/C13H20N2O3/c1-3-15(8-13(18)9-16)12-6-4-5-11(7-12)14-10(2)17/h4-7,13,16,18H,3,8-9H2,1-2H3,(H,14,17)/t13-/m0/s1. The molecule has 0 spiro atoms. The summed E-state index contributed by atoms with van der Waals surface area (Å²) in [5.74, 6) is -0.120. The molecule has 1 atom stereocenters. The molecule has 0 saturated carbocycles. The van der Waals surface area contributed by atoms with Gasteiger partial charge in [-0.3, -0.25) is 4.79 Å². The van der Waals surface area contributed by atoms with Gasteiger partial charge in [0.15, 0.2) is 0 Å². The smallest absolute Gasteiger partial charge is 0.221 e. The summed E-state index contributed by atoms with van der Waals surface area (Å²) in [5, 5.41) is 21.1. The minimum absolute atomic E-state index is 0.120. The maximum Gasteiger partial charge on any atom is 0.221 e. The van der Waals surface area contributed by atoms with Crippen molar-refractivity contribution in [3.05, 3.63) is 24.3 Å². The van der Waals surface area contributed by atoms with Gasteiger partial charge in [-0.25, -0.2) is 0 Å². The molecule has 5 nitrogen and oxygen atoms in total. The SMILES string of the molecule is CCN(C[C@H](O)CO)c1cccc(NC(C)=O)c1. The Morgan fingerprint density at radius 3 is 2.78 bits per heavy atom. The zero-order valence-corrected chi connectivity index (χ0v) is 10.8. The molecule has 0 bridgehead atoms. The van der Waals surface area contributed by atoms with Crippen LogP contribution in [0.4, 0.5) is 11.4 Å². The molecule has 0 fully saturated rings. The van der Waals surface area contributed by atoms with Crippen molar-refractivity contribution in [1.82, 2.24) is 0 Å². The minimum Gasteiger partial charge on any atom is -0.394 e. The largest absolute Gasteiger partial charge is 0.394 e. The third-order valence-electron chi connectivity index (χ3n) is 2.56. The van der Waals surface area contributed by atoms with Crippen LogP contribution in [0.3, 0.4) is 0 Å². The zero-order chi connectivity index (χ0) is 13.5. The maximum absolute atomic E-state index is 11.0. The number of aliphatic hydroxyl groups is 2. The second-order valence-electron chi connectivity index (χ2n) is 4.11. The Hall–Kier alpha value is -1.59. The first-order valence-electron chi connectivity index (χ1n) is 5.98. The van der Waals surface area contributed by atoms with Crippen LogP contribution in [0.25, 0.3) is 0 Å². The topological polar surface area (TPSA) is 72.8 Å². The molecule has 3 N–H and O–H groups in total. The highest BCUT2D eigenvalue weighted by molar-refractivity contribution is 5.89. The number of benzene rings is 1. The predicted molar refractivity (Wildman–Crippen MR) is 71.7 cm³/mol. The summed E-state index contributed by atoms with van der Waals surface area (Å²) < 4.78 is 0. The van der Waals surface area contributed by atoms with E-state index in [1.54, 1.807) is 6.07 Å². The molecular formula is C13H20N2O3. The molecule has 0 unspecified atom stereocenters. The molecule has 1 rings (SSSR count). The van der Waals surface area contributed by atoms with Crippen LogP contribution in [0, 0.1) is 0 Å². The minimum atomic E-state index is -0.769. The molecule has 0 aliphatic rings. The maximum atomic E-state index is 11.0. The molecule has 5 heteroatoms. The summed E-state index contributed by atoms with van der Waals surface area (Å²) in [6.07, 6.45) is -0.769. The van der Waals surface area contributed by atoms with E-state index in [9.17, 15) is 9.90 Å². The number of anilines is 2. The van der Waals surface area contributed by atoms with Gasteiger partial charge in [-0.15, -0.1) is 0 Å². The van der Waals surface area contributed by atoms with Crippen LogP contribution in [-0.2, 0) is 4.79 Å². The lowest BCUT2D eigenvalue weighted by atomic mass is 10.2. The third-order valence-corrected chi connectivity index (χ3v) is 2.56. The fourth-order valence-electron chi connectivity index (χ4n) is 1.71. The van der Waals surface area contributed by atoms with E-state index < -0.39 is 6.10 Å². The Labute approximate surface area is 107 Å². The lowest BCUT2D eigenvalue weighted by Gasteiger charge is -2.25. The number of rotatable bonds is 6. The van der Waals surface area contributed by atoms with Crippen molar-refractivity contribution in [3.8, 4) is 0 Å². The van der Waals surface area contributed by atoms with Gasteiger partial charge < -0.3 is 20.4 Å². The van der Waals surface area contributed by atoms with Crippen LogP contribution in [0.15, 0.2) is 24.3 Å². The van der Waals surface area contributed by atoms with Gasteiger partial charge in [0.1, 0.15) is 0 Å². The van der Waals surface area contributed by atoms with E-state index in [1.807, 2.05) is 30.0 Å². The van der Waals surface area contributed by atoms with Gasteiger partial charge in [-0.05, 0) is 25.1 Å². The van der Waals surface area contributed by atoms with Crippen LogP contribution >= 0.6 is 0 Å². The molecule has 0 aliphatic carbocycles. The number of nitrogens with one attached hydrogen (secondary N) is 1.